The Morgan fingerprint density at radius 2 is 0.944 bits per heavy atom. The van der Waals surface area contributed by atoms with Crippen LogP contribution in [0.25, 0.3) is 87.3 Å². The number of anilines is 3. The van der Waals surface area contributed by atoms with Gasteiger partial charge in [-0.05, 0) is 115 Å². The van der Waals surface area contributed by atoms with Crippen molar-refractivity contribution in [1.82, 2.24) is 0 Å². The van der Waals surface area contributed by atoms with E-state index < -0.39 is 0 Å². The molecule has 1 aromatic heterocycles. The third-order valence-corrected chi connectivity index (χ3v) is 10.7. The summed E-state index contributed by atoms with van der Waals surface area (Å²) in [6.45, 7) is 0. The minimum atomic E-state index is -0.136. The van der Waals surface area contributed by atoms with Crippen LogP contribution in [0.4, 0.5) is 17.1 Å². The van der Waals surface area contributed by atoms with Gasteiger partial charge in [-0.1, -0.05) is 146 Å². The highest BCUT2D eigenvalue weighted by atomic mass is 16.3. The molecule has 0 aliphatic heterocycles. The third kappa shape index (κ3) is 4.96. The summed E-state index contributed by atoms with van der Waals surface area (Å²) in [5.74, 6) is 0. The number of hydrogen-bond donors (Lipinski definition) is 0. The van der Waals surface area contributed by atoms with Crippen molar-refractivity contribution in [1.29, 1.82) is 0 Å². The quantitative estimate of drug-likeness (QED) is 0.167. The molecule has 0 bridgehead atoms. The molecule has 1 heterocycles. The summed E-state index contributed by atoms with van der Waals surface area (Å²) < 4.78 is 44.9. The highest BCUT2D eigenvalue weighted by molar-refractivity contribution is 6.19. The van der Waals surface area contributed by atoms with E-state index in [1.54, 1.807) is 0 Å². The summed E-state index contributed by atoms with van der Waals surface area (Å²) in [5, 5.41) is 10.4. The first kappa shape index (κ1) is 26.6. The van der Waals surface area contributed by atoms with Gasteiger partial charge < -0.3 is 9.32 Å². The van der Waals surface area contributed by atoms with Crippen LogP contribution in [-0.4, -0.2) is 0 Å². The van der Waals surface area contributed by atoms with E-state index in [1.807, 2.05) is 95.9 Å². The molecule has 0 saturated heterocycles. The first-order chi connectivity index (χ1) is 28.4. The molecular weight excluding hydrogens is 655 g/mol. The second kappa shape index (κ2) is 12.2. The standard InChI is InChI=1S/C52H33NO/c1-2-11-39-32-40(18-16-34(39)8-1)35-20-26-43(27-21-35)53(49-14-7-15-50-51(49)48-31-24-38-10-4-6-13-47(38)52(48)54-50)44-28-22-36(23-29-44)41-25-30-46-42(33-41)19-17-37-9-3-5-12-45(37)46/h1-33H/i22D,23D,28D,29D. The van der Waals surface area contributed by atoms with Gasteiger partial charge in [-0.25, -0.2) is 0 Å². The Bertz CT molecular complexity index is 3430. The lowest BCUT2D eigenvalue weighted by Gasteiger charge is -2.26. The van der Waals surface area contributed by atoms with Crippen LogP contribution in [0.15, 0.2) is 205 Å². The summed E-state index contributed by atoms with van der Waals surface area (Å²) in [6, 6.07) is 58.7. The largest absolute Gasteiger partial charge is 0.455 e. The van der Waals surface area contributed by atoms with E-state index in [0.717, 1.165) is 65.2 Å². The van der Waals surface area contributed by atoms with E-state index in [9.17, 15) is 5.48 Å². The minimum Gasteiger partial charge on any atom is -0.455 e. The van der Waals surface area contributed by atoms with Crippen LogP contribution in [-0.2, 0) is 0 Å². The Kier molecular flexibility index (Phi) is 6.02. The molecule has 0 saturated carbocycles. The van der Waals surface area contributed by atoms with Gasteiger partial charge in [0.05, 0.1) is 16.6 Å². The van der Waals surface area contributed by atoms with Crippen LogP contribution in [0, 0.1) is 0 Å². The molecule has 54 heavy (non-hydrogen) atoms. The highest BCUT2D eigenvalue weighted by Gasteiger charge is 2.20. The number of hydrogen-bond acceptors (Lipinski definition) is 2. The zero-order chi connectivity index (χ0) is 39.1. The van der Waals surface area contributed by atoms with E-state index in [1.165, 1.54) is 5.39 Å². The second-order valence-corrected chi connectivity index (χ2v) is 13.8. The molecule has 252 valence electrons. The predicted octanol–water partition coefficient (Wildman–Crippen LogP) is 15.0. The summed E-state index contributed by atoms with van der Waals surface area (Å²) in [7, 11) is 0. The van der Waals surface area contributed by atoms with E-state index in [2.05, 4.69) is 84.9 Å². The van der Waals surface area contributed by atoms with Crippen molar-refractivity contribution in [2.24, 2.45) is 0 Å². The average Bonchev–Trinajstić information content (AvgIpc) is 3.67. The molecule has 0 spiro atoms. The van der Waals surface area contributed by atoms with Crippen LogP contribution < -0.4 is 4.90 Å². The molecule has 0 radical (unpaired) electrons. The van der Waals surface area contributed by atoms with Gasteiger partial charge >= 0.3 is 0 Å². The first-order valence-electron chi connectivity index (χ1n) is 20.2. The first-order valence-corrected chi connectivity index (χ1v) is 18.2. The maximum absolute atomic E-state index is 9.66. The molecule has 0 unspecified atom stereocenters. The van der Waals surface area contributed by atoms with E-state index in [4.69, 9.17) is 4.42 Å². The fraction of sp³-hybridized carbons (Fsp3) is 0. The molecule has 0 N–H and O–H groups in total. The molecule has 0 amide bonds. The van der Waals surface area contributed by atoms with Crippen molar-refractivity contribution in [3.8, 4) is 22.3 Å². The minimum absolute atomic E-state index is 0.107. The van der Waals surface area contributed by atoms with Gasteiger partial charge in [-0.3, -0.25) is 0 Å². The number of furan rings is 1. The molecule has 0 aliphatic carbocycles. The Hall–Kier alpha value is -7.16. The lowest BCUT2D eigenvalue weighted by atomic mass is 9.97. The van der Waals surface area contributed by atoms with Crippen LogP contribution in [0.1, 0.15) is 5.48 Å². The van der Waals surface area contributed by atoms with Gasteiger partial charge in [0.2, 0.25) is 0 Å². The lowest BCUT2D eigenvalue weighted by molar-refractivity contribution is 0.672. The van der Waals surface area contributed by atoms with Gasteiger partial charge in [-0.15, -0.1) is 0 Å². The molecule has 11 rings (SSSR count). The van der Waals surface area contributed by atoms with Crippen LogP contribution >= 0.6 is 0 Å². The molecule has 11 aromatic rings. The van der Waals surface area contributed by atoms with Gasteiger partial charge in [0.1, 0.15) is 11.2 Å². The topological polar surface area (TPSA) is 16.4 Å². The summed E-state index contributed by atoms with van der Waals surface area (Å²) in [5.41, 5.74) is 5.95. The third-order valence-electron chi connectivity index (χ3n) is 10.7. The highest BCUT2D eigenvalue weighted by Crippen LogP contribution is 2.45. The lowest BCUT2D eigenvalue weighted by Crippen LogP contribution is -2.10. The van der Waals surface area contributed by atoms with E-state index in [0.29, 0.717) is 22.5 Å². The maximum atomic E-state index is 9.66. The summed E-state index contributed by atoms with van der Waals surface area (Å²) in [4.78, 5) is 1.87. The number of nitrogens with zero attached hydrogens (tertiary/aromatic N) is 1. The SMILES string of the molecule is [2H]c1c([2H])c(N(c2ccc(-c3ccc4ccccc4c3)cc2)c2cccc3oc4c5ccccc5ccc4c23)c([2H])c([2H])c1-c1ccc2c(ccc3ccccc32)c1. The van der Waals surface area contributed by atoms with Gasteiger partial charge in [-0.2, -0.15) is 0 Å². The Labute approximate surface area is 318 Å². The summed E-state index contributed by atoms with van der Waals surface area (Å²) >= 11 is 0. The van der Waals surface area contributed by atoms with Crippen molar-refractivity contribution in [2.45, 2.75) is 0 Å². The molecule has 0 atom stereocenters. The Morgan fingerprint density at radius 3 is 1.78 bits per heavy atom. The molecule has 2 heteroatoms. The van der Waals surface area contributed by atoms with Crippen LogP contribution in [0.3, 0.4) is 0 Å². The average molecular weight is 692 g/mol. The zero-order valence-electron chi connectivity index (χ0n) is 33.1. The van der Waals surface area contributed by atoms with Crippen molar-refractivity contribution in [3.63, 3.8) is 0 Å². The fourth-order valence-corrected chi connectivity index (χ4v) is 8.01. The number of benzene rings is 10. The maximum Gasteiger partial charge on any atom is 0.143 e. The molecule has 0 aliphatic rings. The van der Waals surface area contributed by atoms with Gasteiger partial charge in [0.25, 0.3) is 0 Å². The molecular formula is C52H33NO. The van der Waals surface area contributed by atoms with Crippen LogP contribution in [0.5, 0.6) is 0 Å². The Morgan fingerprint density at radius 1 is 0.370 bits per heavy atom. The monoisotopic (exact) mass is 691 g/mol. The number of fused-ring (bicyclic) bond motifs is 9. The Balaban J connectivity index is 1.13. The van der Waals surface area contributed by atoms with Gasteiger partial charge in [0, 0.05) is 22.1 Å². The smallest absolute Gasteiger partial charge is 0.143 e. The molecule has 0 fully saturated rings. The van der Waals surface area contributed by atoms with Crippen molar-refractivity contribution < 1.29 is 9.90 Å². The normalized spacial score (nSPS) is 12.7. The van der Waals surface area contributed by atoms with Crippen molar-refractivity contribution in [2.75, 3.05) is 4.90 Å². The van der Waals surface area contributed by atoms with Crippen molar-refractivity contribution in [3.05, 3.63) is 200 Å². The van der Waals surface area contributed by atoms with E-state index in [-0.39, 0.29) is 35.4 Å². The molecule has 2 nitrogen and oxygen atoms in total. The summed E-state index contributed by atoms with van der Waals surface area (Å²) in [6.07, 6.45) is 0. The predicted molar refractivity (Wildman–Crippen MR) is 229 cm³/mol. The molecule has 10 aromatic carbocycles. The van der Waals surface area contributed by atoms with Crippen LogP contribution in [0.2, 0.25) is 0 Å². The van der Waals surface area contributed by atoms with Crippen molar-refractivity contribution >= 4 is 82.1 Å². The zero-order valence-corrected chi connectivity index (χ0v) is 29.1. The van der Waals surface area contributed by atoms with Gasteiger partial charge in [0.15, 0.2) is 0 Å². The second-order valence-electron chi connectivity index (χ2n) is 13.8. The number of rotatable bonds is 5. The fourth-order valence-electron chi connectivity index (χ4n) is 8.01. The van der Waals surface area contributed by atoms with E-state index >= 15 is 0 Å².